The van der Waals surface area contributed by atoms with Crippen LogP contribution < -0.4 is 5.32 Å². The molecule has 0 radical (unpaired) electrons. The fourth-order valence-corrected chi connectivity index (χ4v) is 4.10. The first-order valence-corrected chi connectivity index (χ1v) is 9.91. The Morgan fingerprint density at radius 2 is 2.04 bits per heavy atom. The molecule has 7 heteroatoms. The zero-order valence-electron chi connectivity index (χ0n) is 14.1. The fourth-order valence-electron chi connectivity index (χ4n) is 2.44. The highest BCUT2D eigenvalue weighted by molar-refractivity contribution is 7.99. The Labute approximate surface area is 155 Å². The average Bonchev–Trinajstić information content (AvgIpc) is 3.30. The van der Waals surface area contributed by atoms with Crippen molar-refractivity contribution >= 4 is 29.0 Å². The summed E-state index contributed by atoms with van der Waals surface area (Å²) < 4.78 is 1.96. The van der Waals surface area contributed by atoms with E-state index in [9.17, 15) is 4.79 Å². The van der Waals surface area contributed by atoms with E-state index in [2.05, 4.69) is 29.4 Å². The van der Waals surface area contributed by atoms with Crippen molar-refractivity contribution in [2.24, 2.45) is 0 Å². The molecule has 0 bridgehead atoms. The Hall–Kier alpha value is -2.12. The first-order valence-electron chi connectivity index (χ1n) is 8.05. The number of hydrogen-bond acceptors (Lipinski definition) is 5. The third-order valence-corrected chi connectivity index (χ3v) is 5.59. The van der Waals surface area contributed by atoms with E-state index in [1.165, 1.54) is 11.8 Å². The largest absolute Gasteiger partial charge is 0.344 e. The lowest BCUT2D eigenvalue weighted by Crippen LogP contribution is -2.30. The molecule has 2 heterocycles. The lowest BCUT2D eigenvalue weighted by molar-refractivity contribution is -0.119. The van der Waals surface area contributed by atoms with E-state index in [4.69, 9.17) is 0 Å². The van der Waals surface area contributed by atoms with Crippen LogP contribution in [0.25, 0.3) is 0 Å². The summed E-state index contributed by atoms with van der Waals surface area (Å²) in [4.78, 5) is 13.6. The van der Waals surface area contributed by atoms with Gasteiger partial charge in [0.05, 0.1) is 11.8 Å². The number of hydrogen-bond donors (Lipinski definition) is 1. The maximum Gasteiger partial charge on any atom is 0.231 e. The van der Waals surface area contributed by atoms with Crippen molar-refractivity contribution < 1.29 is 4.79 Å². The Kier molecular flexibility index (Phi) is 5.88. The highest BCUT2D eigenvalue weighted by Crippen LogP contribution is 2.26. The van der Waals surface area contributed by atoms with E-state index in [0.29, 0.717) is 5.75 Å². The highest BCUT2D eigenvalue weighted by Gasteiger charge is 2.18. The maximum atomic E-state index is 12.5. The van der Waals surface area contributed by atoms with Crippen LogP contribution in [0, 0.1) is 0 Å². The zero-order chi connectivity index (χ0) is 17.6. The minimum absolute atomic E-state index is 0.0226. The summed E-state index contributed by atoms with van der Waals surface area (Å²) in [7, 11) is 0. The molecule has 3 aromatic rings. The van der Waals surface area contributed by atoms with Crippen molar-refractivity contribution in [1.82, 2.24) is 20.1 Å². The number of thioether (sulfide) groups is 1. The van der Waals surface area contributed by atoms with Gasteiger partial charge < -0.3 is 9.88 Å². The molecule has 1 aromatic carbocycles. The van der Waals surface area contributed by atoms with E-state index in [1.54, 1.807) is 17.7 Å². The van der Waals surface area contributed by atoms with Crippen LogP contribution in [-0.2, 0) is 4.79 Å². The number of carbonyl (C=O) groups excluding carboxylic acids is 1. The molecule has 2 aromatic heterocycles. The molecule has 25 heavy (non-hydrogen) atoms. The SMILES string of the molecule is CC(C)n1cnnc1SCC(=O)NC(c1ccccc1)c1cccs1. The third kappa shape index (κ3) is 4.49. The number of carbonyl (C=O) groups is 1. The number of nitrogens with zero attached hydrogens (tertiary/aromatic N) is 3. The van der Waals surface area contributed by atoms with Gasteiger partial charge in [0.15, 0.2) is 5.16 Å². The van der Waals surface area contributed by atoms with E-state index < -0.39 is 0 Å². The normalized spacial score (nSPS) is 12.3. The molecule has 1 atom stereocenters. The monoisotopic (exact) mass is 372 g/mol. The van der Waals surface area contributed by atoms with Gasteiger partial charge in [-0.1, -0.05) is 48.2 Å². The summed E-state index contributed by atoms with van der Waals surface area (Å²) in [6.45, 7) is 4.13. The minimum Gasteiger partial charge on any atom is -0.344 e. The first kappa shape index (κ1) is 17.7. The second kappa shape index (κ2) is 8.31. The lowest BCUT2D eigenvalue weighted by Gasteiger charge is -2.18. The molecule has 0 saturated carbocycles. The Bertz CT molecular complexity index is 800. The van der Waals surface area contributed by atoms with Crippen molar-refractivity contribution in [3.8, 4) is 0 Å². The number of thiophene rings is 1. The molecule has 130 valence electrons. The van der Waals surface area contributed by atoms with Gasteiger partial charge in [0.25, 0.3) is 0 Å². The summed E-state index contributed by atoms with van der Waals surface area (Å²) in [6.07, 6.45) is 1.70. The van der Waals surface area contributed by atoms with Crippen LogP contribution >= 0.6 is 23.1 Å². The number of amides is 1. The topological polar surface area (TPSA) is 59.8 Å². The third-order valence-electron chi connectivity index (χ3n) is 3.69. The standard InChI is InChI=1S/C18H20N4OS2/c1-13(2)22-12-19-21-18(22)25-11-16(23)20-17(15-9-6-10-24-15)14-7-4-3-5-8-14/h3-10,12-13,17H,11H2,1-2H3,(H,20,23). The van der Waals surface area contributed by atoms with Crippen LogP contribution in [0.4, 0.5) is 0 Å². The van der Waals surface area contributed by atoms with E-state index in [1.807, 2.05) is 52.4 Å². The Morgan fingerprint density at radius 1 is 1.24 bits per heavy atom. The predicted octanol–water partition coefficient (Wildman–Crippen LogP) is 3.92. The zero-order valence-corrected chi connectivity index (χ0v) is 15.8. The van der Waals surface area contributed by atoms with Crippen molar-refractivity contribution in [2.45, 2.75) is 31.1 Å². The average molecular weight is 373 g/mol. The molecule has 0 spiro atoms. The van der Waals surface area contributed by atoms with Gasteiger partial charge >= 0.3 is 0 Å². The van der Waals surface area contributed by atoms with Gasteiger partial charge in [-0.05, 0) is 30.9 Å². The molecule has 0 aliphatic carbocycles. The molecule has 1 amide bonds. The predicted molar refractivity (Wildman–Crippen MR) is 102 cm³/mol. The van der Waals surface area contributed by atoms with E-state index >= 15 is 0 Å². The molecular weight excluding hydrogens is 352 g/mol. The van der Waals surface area contributed by atoms with Gasteiger partial charge in [-0.2, -0.15) is 0 Å². The van der Waals surface area contributed by atoms with Crippen molar-refractivity contribution in [3.63, 3.8) is 0 Å². The molecule has 3 rings (SSSR count). The van der Waals surface area contributed by atoms with Crippen LogP contribution in [0.1, 0.15) is 36.4 Å². The minimum atomic E-state index is -0.128. The quantitative estimate of drug-likeness (QED) is 0.639. The number of aromatic nitrogens is 3. The highest BCUT2D eigenvalue weighted by atomic mass is 32.2. The van der Waals surface area contributed by atoms with Crippen LogP contribution in [0.3, 0.4) is 0 Å². The van der Waals surface area contributed by atoms with Crippen molar-refractivity contribution in [2.75, 3.05) is 5.75 Å². The van der Waals surface area contributed by atoms with Gasteiger partial charge in [-0.3, -0.25) is 4.79 Å². The molecule has 0 aliphatic heterocycles. The van der Waals surface area contributed by atoms with Gasteiger partial charge in [0, 0.05) is 10.9 Å². The van der Waals surface area contributed by atoms with Gasteiger partial charge in [-0.25, -0.2) is 0 Å². The van der Waals surface area contributed by atoms with Gasteiger partial charge in [0.2, 0.25) is 5.91 Å². The number of rotatable bonds is 7. The second-order valence-electron chi connectivity index (χ2n) is 5.83. The summed E-state index contributed by atoms with van der Waals surface area (Å²) in [6, 6.07) is 14.2. The Morgan fingerprint density at radius 3 is 2.72 bits per heavy atom. The fraction of sp³-hybridized carbons (Fsp3) is 0.278. The first-order chi connectivity index (χ1) is 12.1. The second-order valence-corrected chi connectivity index (χ2v) is 7.75. The lowest BCUT2D eigenvalue weighted by atomic mass is 10.1. The molecule has 0 fully saturated rings. The summed E-state index contributed by atoms with van der Waals surface area (Å²) in [5, 5.41) is 14.0. The van der Waals surface area contributed by atoms with Crippen LogP contribution in [-0.4, -0.2) is 26.4 Å². The molecule has 0 aliphatic rings. The molecule has 0 saturated heterocycles. The summed E-state index contributed by atoms with van der Waals surface area (Å²) in [5.74, 6) is 0.283. The van der Waals surface area contributed by atoms with E-state index in [0.717, 1.165) is 15.6 Å². The van der Waals surface area contributed by atoms with Crippen molar-refractivity contribution in [1.29, 1.82) is 0 Å². The molecule has 5 nitrogen and oxygen atoms in total. The van der Waals surface area contributed by atoms with Crippen LogP contribution in [0.2, 0.25) is 0 Å². The van der Waals surface area contributed by atoms with Gasteiger partial charge in [-0.15, -0.1) is 21.5 Å². The van der Waals surface area contributed by atoms with Crippen LogP contribution in [0.15, 0.2) is 59.3 Å². The molecule has 1 N–H and O–H groups in total. The Balaban J connectivity index is 1.68. The molecule has 1 unspecified atom stereocenters. The summed E-state index contributed by atoms with van der Waals surface area (Å²) >= 11 is 3.05. The summed E-state index contributed by atoms with van der Waals surface area (Å²) in [5.41, 5.74) is 1.08. The maximum absolute atomic E-state index is 12.5. The van der Waals surface area contributed by atoms with Gasteiger partial charge in [0.1, 0.15) is 6.33 Å². The number of nitrogens with one attached hydrogen (secondary N) is 1. The molecular formula is C18H20N4OS2. The smallest absolute Gasteiger partial charge is 0.231 e. The van der Waals surface area contributed by atoms with Crippen molar-refractivity contribution in [3.05, 3.63) is 64.6 Å². The number of benzene rings is 1. The van der Waals surface area contributed by atoms with E-state index in [-0.39, 0.29) is 18.0 Å². The van der Waals surface area contributed by atoms with Crippen LogP contribution in [0.5, 0.6) is 0 Å².